The molecular weight excluding hydrogens is 216 g/mol. The Bertz CT molecular complexity index is 357. The van der Waals surface area contributed by atoms with Gasteiger partial charge in [-0.1, -0.05) is 0 Å². The lowest BCUT2D eigenvalue weighted by atomic mass is 9.95. The van der Waals surface area contributed by atoms with Crippen LogP contribution in [0.15, 0.2) is 18.3 Å². The quantitative estimate of drug-likeness (QED) is 0.870. The third-order valence-corrected chi connectivity index (χ3v) is 3.22. The first-order valence-electron chi connectivity index (χ1n) is 6.12. The minimum Gasteiger partial charge on any atom is -0.399 e. The number of anilines is 1. The molecule has 2 rings (SSSR count). The fourth-order valence-corrected chi connectivity index (χ4v) is 2.25. The van der Waals surface area contributed by atoms with Gasteiger partial charge in [0.1, 0.15) is 0 Å². The molecule has 2 unspecified atom stereocenters. The highest BCUT2D eigenvalue weighted by atomic mass is 16.5. The molecule has 1 aromatic heterocycles. The molecule has 4 heteroatoms. The Kier molecular flexibility index (Phi) is 4.34. The second-order valence-corrected chi connectivity index (χ2v) is 4.54. The molecule has 0 saturated heterocycles. The third kappa shape index (κ3) is 3.68. The van der Waals surface area contributed by atoms with Crippen LogP contribution in [0.25, 0.3) is 0 Å². The van der Waals surface area contributed by atoms with Gasteiger partial charge in [-0.3, -0.25) is 4.98 Å². The highest BCUT2D eigenvalue weighted by Crippen LogP contribution is 2.23. The number of nitrogen functional groups attached to an aromatic ring is 1. The molecule has 17 heavy (non-hydrogen) atoms. The molecule has 1 fully saturated rings. The summed E-state index contributed by atoms with van der Waals surface area (Å²) in [7, 11) is 1.77. The Morgan fingerprint density at radius 2 is 2.24 bits per heavy atom. The van der Waals surface area contributed by atoms with Gasteiger partial charge in [-0.15, -0.1) is 0 Å². The Morgan fingerprint density at radius 3 is 3.00 bits per heavy atom. The molecule has 2 N–H and O–H groups in total. The normalized spacial score (nSPS) is 24.8. The second-order valence-electron chi connectivity index (χ2n) is 4.54. The molecule has 0 amide bonds. The highest BCUT2D eigenvalue weighted by molar-refractivity contribution is 5.36. The van der Waals surface area contributed by atoms with Gasteiger partial charge in [-0.05, 0) is 37.8 Å². The molecule has 1 saturated carbocycles. The van der Waals surface area contributed by atoms with Gasteiger partial charge >= 0.3 is 0 Å². The van der Waals surface area contributed by atoms with Crippen molar-refractivity contribution in [1.82, 2.24) is 4.98 Å². The van der Waals surface area contributed by atoms with Crippen LogP contribution in [0.2, 0.25) is 0 Å². The average molecular weight is 236 g/mol. The van der Waals surface area contributed by atoms with Gasteiger partial charge in [0, 0.05) is 19.0 Å². The molecule has 2 atom stereocenters. The van der Waals surface area contributed by atoms with E-state index in [1.54, 1.807) is 19.4 Å². The van der Waals surface area contributed by atoms with E-state index in [0.29, 0.717) is 12.7 Å². The maximum absolute atomic E-state index is 5.86. The predicted octanol–water partition coefficient (Wildman–Crippen LogP) is 2.14. The number of methoxy groups -OCH3 is 1. The number of rotatable bonds is 4. The Hall–Kier alpha value is -1.13. The van der Waals surface area contributed by atoms with E-state index in [1.165, 1.54) is 6.42 Å². The molecule has 1 aliphatic carbocycles. The maximum atomic E-state index is 5.86. The van der Waals surface area contributed by atoms with E-state index in [4.69, 9.17) is 15.2 Å². The highest BCUT2D eigenvalue weighted by Gasteiger charge is 2.22. The topological polar surface area (TPSA) is 57.4 Å². The van der Waals surface area contributed by atoms with E-state index in [1.807, 2.05) is 6.07 Å². The van der Waals surface area contributed by atoms with E-state index in [2.05, 4.69) is 4.98 Å². The van der Waals surface area contributed by atoms with Crippen LogP contribution in [-0.2, 0) is 16.1 Å². The number of pyridine rings is 1. The summed E-state index contributed by atoms with van der Waals surface area (Å²) in [5, 5.41) is 0. The SMILES string of the molecule is COC1CCCC(OCc2cc(N)ccn2)C1. The number of aromatic nitrogens is 1. The molecule has 1 heterocycles. The number of nitrogens with two attached hydrogens (primary N) is 1. The number of hydrogen-bond donors (Lipinski definition) is 1. The average Bonchev–Trinajstić information content (AvgIpc) is 2.37. The largest absolute Gasteiger partial charge is 0.399 e. The second kappa shape index (κ2) is 5.98. The fraction of sp³-hybridized carbons (Fsp3) is 0.615. The lowest BCUT2D eigenvalue weighted by molar-refractivity contribution is -0.0371. The van der Waals surface area contributed by atoms with Crippen molar-refractivity contribution in [3.63, 3.8) is 0 Å². The van der Waals surface area contributed by atoms with E-state index in [-0.39, 0.29) is 6.10 Å². The summed E-state index contributed by atoms with van der Waals surface area (Å²) in [4.78, 5) is 4.23. The molecule has 4 nitrogen and oxygen atoms in total. The third-order valence-electron chi connectivity index (χ3n) is 3.22. The Labute approximate surface area is 102 Å². The summed E-state index contributed by atoms with van der Waals surface area (Å²) < 4.78 is 11.2. The van der Waals surface area contributed by atoms with Crippen molar-refractivity contribution in [2.45, 2.75) is 44.5 Å². The van der Waals surface area contributed by atoms with Crippen LogP contribution in [-0.4, -0.2) is 24.3 Å². The molecule has 0 aliphatic heterocycles. The standard InChI is InChI=1S/C13H20N2O2/c1-16-12-3-2-4-13(8-12)17-9-11-7-10(14)5-6-15-11/h5-7,12-13H,2-4,8-9H2,1H3,(H2,14,15). The van der Waals surface area contributed by atoms with Gasteiger partial charge < -0.3 is 15.2 Å². The van der Waals surface area contributed by atoms with Crippen molar-refractivity contribution in [3.8, 4) is 0 Å². The minimum atomic E-state index is 0.289. The van der Waals surface area contributed by atoms with E-state index < -0.39 is 0 Å². The van der Waals surface area contributed by atoms with Crippen molar-refractivity contribution in [3.05, 3.63) is 24.0 Å². The van der Waals surface area contributed by atoms with Gasteiger partial charge in [0.25, 0.3) is 0 Å². The first-order chi connectivity index (χ1) is 8.28. The van der Waals surface area contributed by atoms with Crippen LogP contribution in [0.1, 0.15) is 31.4 Å². The smallest absolute Gasteiger partial charge is 0.0892 e. The zero-order valence-corrected chi connectivity index (χ0v) is 10.3. The number of hydrogen-bond acceptors (Lipinski definition) is 4. The molecule has 1 aromatic rings. The van der Waals surface area contributed by atoms with Crippen molar-refractivity contribution >= 4 is 5.69 Å². The summed E-state index contributed by atoms with van der Waals surface area (Å²) in [6, 6.07) is 3.64. The lowest BCUT2D eigenvalue weighted by Crippen LogP contribution is -2.27. The van der Waals surface area contributed by atoms with Crippen LogP contribution in [0.4, 0.5) is 5.69 Å². The van der Waals surface area contributed by atoms with Crippen molar-refractivity contribution in [2.75, 3.05) is 12.8 Å². The van der Waals surface area contributed by atoms with Gasteiger partial charge in [-0.25, -0.2) is 0 Å². The van der Waals surface area contributed by atoms with Gasteiger partial charge in [0.15, 0.2) is 0 Å². The number of ether oxygens (including phenoxy) is 2. The predicted molar refractivity (Wildman–Crippen MR) is 66.5 cm³/mol. The first-order valence-corrected chi connectivity index (χ1v) is 6.12. The molecule has 0 aromatic carbocycles. The Morgan fingerprint density at radius 1 is 1.41 bits per heavy atom. The summed E-state index contributed by atoms with van der Waals surface area (Å²) in [6.07, 6.45) is 6.77. The van der Waals surface area contributed by atoms with Crippen LogP contribution in [0, 0.1) is 0 Å². The lowest BCUT2D eigenvalue weighted by Gasteiger charge is -2.28. The molecule has 0 spiro atoms. The van der Waals surface area contributed by atoms with Crippen molar-refractivity contribution in [1.29, 1.82) is 0 Å². The zero-order valence-electron chi connectivity index (χ0n) is 10.3. The summed E-state index contributed by atoms with van der Waals surface area (Å²) in [5.74, 6) is 0. The maximum Gasteiger partial charge on any atom is 0.0892 e. The fourth-order valence-electron chi connectivity index (χ4n) is 2.25. The van der Waals surface area contributed by atoms with Gasteiger partial charge in [0.05, 0.1) is 24.5 Å². The minimum absolute atomic E-state index is 0.289. The summed E-state index contributed by atoms with van der Waals surface area (Å²) in [6.45, 7) is 0.534. The van der Waals surface area contributed by atoms with E-state index in [9.17, 15) is 0 Å². The van der Waals surface area contributed by atoms with Gasteiger partial charge in [-0.2, -0.15) is 0 Å². The van der Waals surface area contributed by atoms with Gasteiger partial charge in [0.2, 0.25) is 0 Å². The Balaban J connectivity index is 1.81. The van der Waals surface area contributed by atoms with Crippen molar-refractivity contribution in [2.24, 2.45) is 0 Å². The molecule has 1 aliphatic rings. The molecule has 0 radical (unpaired) electrons. The summed E-state index contributed by atoms with van der Waals surface area (Å²) >= 11 is 0. The van der Waals surface area contributed by atoms with Crippen molar-refractivity contribution < 1.29 is 9.47 Å². The first kappa shape index (κ1) is 12.3. The van der Waals surface area contributed by atoms with E-state index >= 15 is 0 Å². The van der Waals surface area contributed by atoms with Crippen LogP contribution < -0.4 is 5.73 Å². The van der Waals surface area contributed by atoms with E-state index in [0.717, 1.165) is 30.6 Å². The molecule has 0 bridgehead atoms. The monoisotopic (exact) mass is 236 g/mol. The van der Waals surface area contributed by atoms with Crippen LogP contribution in [0.5, 0.6) is 0 Å². The van der Waals surface area contributed by atoms with Crippen LogP contribution >= 0.6 is 0 Å². The number of nitrogens with zero attached hydrogens (tertiary/aromatic N) is 1. The molecular formula is C13H20N2O2. The zero-order chi connectivity index (χ0) is 12.1. The molecule has 94 valence electrons. The summed E-state index contributed by atoms with van der Waals surface area (Å²) in [5.41, 5.74) is 7.32. The van der Waals surface area contributed by atoms with Crippen LogP contribution in [0.3, 0.4) is 0 Å².